The monoisotopic (exact) mass is 251 g/mol. The molecule has 0 aromatic heterocycles. The summed E-state index contributed by atoms with van der Waals surface area (Å²) >= 11 is 5.89. The van der Waals surface area contributed by atoms with Gasteiger partial charge in [-0.3, -0.25) is 4.79 Å². The van der Waals surface area contributed by atoms with Gasteiger partial charge in [0.2, 0.25) is 0 Å². The van der Waals surface area contributed by atoms with Gasteiger partial charge in [0.25, 0.3) is 0 Å². The molecule has 92 valence electrons. The molecule has 0 spiro atoms. The van der Waals surface area contributed by atoms with Crippen molar-refractivity contribution in [3.05, 3.63) is 34.9 Å². The second-order valence-corrected chi connectivity index (χ2v) is 5.07. The van der Waals surface area contributed by atoms with Crippen molar-refractivity contribution in [1.29, 1.82) is 0 Å². The van der Waals surface area contributed by atoms with Crippen LogP contribution in [0.2, 0.25) is 5.02 Å². The fourth-order valence-electron chi connectivity index (χ4n) is 2.28. The van der Waals surface area contributed by atoms with Crippen molar-refractivity contribution < 1.29 is 4.79 Å². The van der Waals surface area contributed by atoms with Gasteiger partial charge in [-0.15, -0.1) is 0 Å². The largest absolute Gasteiger partial charge is 0.314 e. The molecule has 1 atom stereocenters. The fourth-order valence-corrected chi connectivity index (χ4v) is 2.47. The standard InChI is InChI=1S/C14H18ClNO/c15-12-6-4-5-11(9-12)14(17)10-13-7-2-1-3-8-16-13/h4-6,9,13,16H,1-3,7-8,10H2. The van der Waals surface area contributed by atoms with Gasteiger partial charge in [-0.05, 0) is 31.5 Å². The van der Waals surface area contributed by atoms with E-state index in [0.29, 0.717) is 17.5 Å². The second-order valence-electron chi connectivity index (χ2n) is 4.64. The Hall–Kier alpha value is -0.860. The maximum atomic E-state index is 12.1. The third-order valence-corrected chi connectivity index (χ3v) is 3.48. The molecule has 1 aromatic carbocycles. The Morgan fingerprint density at radius 3 is 3.06 bits per heavy atom. The molecule has 1 aromatic rings. The van der Waals surface area contributed by atoms with Crippen LogP contribution in [0.1, 0.15) is 42.5 Å². The number of carbonyl (C=O) groups excluding carboxylic acids is 1. The lowest BCUT2D eigenvalue weighted by Crippen LogP contribution is -2.30. The molecule has 0 bridgehead atoms. The summed E-state index contributed by atoms with van der Waals surface area (Å²) in [6.07, 6.45) is 5.41. The van der Waals surface area contributed by atoms with Crippen molar-refractivity contribution in [1.82, 2.24) is 5.32 Å². The number of benzene rings is 1. The summed E-state index contributed by atoms with van der Waals surface area (Å²) in [4.78, 5) is 12.1. The van der Waals surface area contributed by atoms with E-state index in [1.165, 1.54) is 19.3 Å². The molecular formula is C14H18ClNO. The number of Topliss-reactive ketones (excluding diaryl/α,β-unsaturated/α-hetero) is 1. The lowest BCUT2D eigenvalue weighted by atomic mass is 10.0. The van der Waals surface area contributed by atoms with Crippen LogP contribution in [0.4, 0.5) is 0 Å². The number of ketones is 1. The van der Waals surface area contributed by atoms with E-state index in [9.17, 15) is 4.79 Å². The first-order chi connectivity index (χ1) is 8.25. The van der Waals surface area contributed by atoms with Crippen molar-refractivity contribution in [2.24, 2.45) is 0 Å². The second kappa shape index (κ2) is 6.18. The van der Waals surface area contributed by atoms with E-state index in [1.807, 2.05) is 12.1 Å². The Kier molecular flexibility index (Phi) is 4.57. The molecule has 3 heteroatoms. The lowest BCUT2D eigenvalue weighted by Gasteiger charge is -2.14. The minimum atomic E-state index is 0.187. The van der Waals surface area contributed by atoms with Crippen LogP contribution in [0.5, 0.6) is 0 Å². The van der Waals surface area contributed by atoms with E-state index in [-0.39, 0.29) is 5.78 Å². The number of rotatable bonds is 3. The molecule has 2 nitrogen and oxygen atoms in total. The van der Waals surface area contributed by atoms with Gasteiger partial charge < -0.3 is 5.32 Å². The first-order valence-electron chi connectivity index (χ1n) is 6.28. The normalized spacial score (nSPS) is 20.9. The Morgan fingerprint density at radius 2 is 2.24 bits per heavy atom. The Balaban J connectivity index is 1.96. The summed E-state index contributed by atoms with van der Waals surface area (Å²) in [7, 11) is 0. The third-order valence-electron chi connectivity index (χ3n) is 3.24. The van der Waals surface area contributed by atoms with Crippen molar-refractivity contribution in [2.75, 3.05) is 6.54 Å². The van der Waals surface area contributed by atoms with Crippen LogP contribution in [0.3, 0.4) is 0 Å². The molecule has 2 rings (SSSR count). The van der Waals surface area contributed by atoms with Gasteiger partial charge in [0.15, 0.2) is 5.78 Å². The number of halogens is 1. The minimum Gasteiger partial charge on any atom is -0.314 e. The molecule has 1 fully saturated rings. The average Bonchev–Trinajstić information content (AvgIpc) is 2.57. The van der Waals surface area contributed by atoms with E-state index in [1.54, 1.807) is 12.1 Å². The van der Waals surface area contributed by atoms with Gasteiger partial charge in [-0.2, -0.15) is 0 Å². The van der Waals surface area contributed by atoms with Crippen LogP contribution in [0.15, 0.2) is 24.3 Å². The van der Waals surface area contributed by atoms with E-state index >= 15 is 0 Å². The molecule has 1 aliphatic rings. The molecule has 0 aliphatic carbocycles. The molecule has 1 aliphatic heterocycles. The molecule has 1 N–H and O–H groups in total. The zero-order valence-electron chi connectivity index (χ0n) is 9.92. The van der Waals surface area contributed by atoms with Crippen LogP contribution in [0.25, 0.3) is 0 Å². The van der Waals surface area contributed by atoms with Gasteiger partial charge in [-0.25, -0.2) is 0 Å². The number of hydrogen-bond donors (Lipinski definition) is 1. The smallest absolute Gasteiger partial charge is 0.164 e. The zero-order chi connectivity index (χ0) is 12.1. The average molecular weight is 252 g/mol. The van der Waals surface area contributed by atoms with Crippen LogP contribution in [-0.2, 0) is 0 Å². The summed E-state index contributed by atoms with van der Waals surface area (Å²) in [5.41, 5.74) is 0.726. The Morgan fingerprint density at radius 1 is 1.35 bits per heavy atom. The van der Waals surface area contributed by atoms with Gasteiger partial charge in [-0.1, -0.05) is 36.6 Å². The number of carbonyl (C=O) groups is 1. The molecule has 0 radical (unpaired) electrons. The number of hydrogen-bond acceptors (Lipinski definition) is 2. The maximum Gasteiger partial charge on any atom is 0.164 e. The highest BCUT2D eigenvalue weighted by molar-refractivity contribution is 6.31. The molecule has 1 unspecified atom stereocenters. The summed E-state index contributed by atoms with van der Waals surface area (Å²) in [6.45, 7) is 1.04. The summed E-state index contributed by atoms with van der Waals surface area (Å²) in [5.74, 6) is 0.187. The van der Waals surface area contributed by atoms with Crippen LogP contribution in [-0.4, -0.2) is 18.4 Å². The Labute approximate surface area is 107 Å². The van der Waals surface area contributed by atoms with Gasteiger partial charge in [0, 0.05) is 23.0 Å². The SMILES string of the molecule is O=C(CC1CCCCCN1)c1cccc(Cl)c1. The highest BCUT2D eigenvalue weighted by atomic mass is 35.5. The van der Waals surface area contributed by atoms with E-state index in [0.717, 1.165) is 18.5 Å². The highest BCUT2D eigenvalue weighted by Crippen LogP contribution is 2.16. The molecular weight excluding hydrogens is 234 g/mol. The summed E-state index contributed by atoms with van der Waals surface area (Å²) in [6, 6.07) is 7.55. The molecule has 0 amide bonds. The molecule has 1 saturated heterocycles. The third kappa shape index (κ3) is 3.83. The van der Waals surface area contributed by atoms with Crippen LogP contribution in [0, 0.1) is 0 Å². The first kappa shape index (κ1) is 12.6. The van der Waals surface area contributed by atoms with Crippen LogP contribution >= 0.6 is 11.6 Å². The molecule has 17 heavy (non-hydrogen) atoms. The van der Waals surface area contributed by atoms with E-state index in [2.05, 4.69) is 5.32 Å². The Bertz CT molecular complexity index is 384. The van der Waals surface area contributed by atoms with E-state index in [4.69, 9.17) is 11.6 Å². The maximum absolute atomic E-state index is 12.1. The summed E-state index contributed by atoms with van der Waals surface area (Å²) < 4.78 is 0. The van der Waals surface area contributed by atoms with Gasteiger partial charge >= 0.3 is 0 Å². The fraction of sp³-hybridized carbons (Fsp3) is 0.500. The van der Waals surface area contributed by atoms with Gasteiger partial charge in [0.05, 0.1) is 0 Å². The highest BCUT2D eigenvalue weighted by Gasteiger charge is 2.16. The minimum absolute atomic E-state index is 0.187. The van der Waals surface area contributed by atoms with Crippen molar-refractivity contribution in [3.63, 3.8) is 0 Å². The topological polar surface area (TPSA) is 29.1 Å². The zero-order valence-corrected chi connectivity index (χ0v) is 10.7. The quantitative estimate of drug-likeness (QED) is 0.834. The van der Waals surface area contributed by atoms with Crippen molar-refractivity contribution in [3.8, 4) is 0 Å². The molecule has 1 heterocycles. The van der Waals surface area contributed by atoms with Gasteiger partial charge in [0.1, 0.15) is 0 Å². The predicted octanol–water partition coefficient (Wildman–Crippen LogP) is 3.45. The van der Waals surface area contributed by atoms with Crippen molar-refractivity contribution in [2.45, 2.75) is 38.1 Å². The van der Waals surface area contributed by atoms with E-state index < -0.39 is 0 Å². The lowest BCUT2D eigenvalue weighted by molar-refractivity contribution is 0.0968. The number of nitrogens with one attached hydrogen (secondary N) is 1. The van der Waals surface area contributed by atoms with Crippen LogP contribution < -0.4 is 5.32 Å². The summed E-state index contributed by atoms with van der Waals surface area (Å²) in [5, 5.41) is 4.07. The predicted molar refractivity (Wildman–Crippen MR) is 70.7 cm³/mol. The first-order valence-corrected chi connectivity index (χ1v) is 6.65. The van der Waals surface area contributed by atoms with Crippen molar-refractivity contribution >= 4 is 17.4 Å². The molecule has 0 saturated carbocycles.